The van der Waals surface area contributed by atoms with E-state index < -0.39 is 0 Å². The maximum atomic E-state index is 5.81. The summed E-state index contributed by atoms with van der Waals surface area (Å²) < 4.78 is 1.75. The maximum Gasteiger partial charge on any atom is 0.124 e. The summed E-state index contributed by atoms with van der Waals surface area (Å²) in [4.78, 5) is 0. The molecule has 3 nitrogen and oxygen atoms in total. The Kier molecular flexibility index (Phi) is 2.96. The van der Waals surface area contributed by atoms with Crippen molar-refractivity contribution in [1.29, 1.82) is 0 Å². The molecule has 0 saturated heterocycles. The molecule has 74 valence electrons. The highest BCUT2D eigenvalue weighted by Gasteiger charge is 2.09. The third-order valence-electron chi connectivity index (χ3n) is 2.39. The Bertz CT molecular complexity index is 287. The van der Waals surface area contributed by atoms with Crippen molar-refractivity contribution in [3.8, 4) is 0 Å². The maximum absolute atomic E-state index is 5.81. The lowest BCUT2D eigenvalue weighted by atomic mass is 10.0. The van der Waals surface area contributed by atoms with Gasteiger partial charge in [0.1, 0.15) is 5.82 Å². The Morgan fingerprint density at radius 3 is 2.46 bits per heavy atom. The van der Waals surface area contributed by atoms with Gasteiger partial charge < -0.3 is 5.73 Å². The van der Waals surface area contributed by atoms with Crippen LogP contribution in [0.5, 0.6) is 0 Å². The van der Waals surface area contributed by atoms with Crippen molar-refractivity contribution in [3.05, 3.63) is 11.3 Å². The van der Waals surface area contributed by atoms with E-state index in [2.05, 4.69) is 18.9 Å². The molecule has 1 aromatic rings. The van der Waals surface area contributed by atoms with Crippen LogP contribution >= 0.6 is 0 Å². The number of aryl methyl sites for hydroxylation is 2. The van der Waals surface area contributed by atoms with Gasteiger partial charge >= 0.3 is 0 Å². The van der Waals surface area contributed by atoms with Gasteiger partial charge in [0.2, 0.25) is 0 Å². The van der Waals surface area contributed by atoms with Crippen LogP contribution < -0.4 is 5.73 Å². The molecular formula is C10H19N3. The third-order valence-corrected chi connectivity index (χ3v) is 2.39. The Balaban J connectivity index is 2.72. The van der Waals surface area contributed by atoms with Crippen LogP contribution in [-0.4, -0.2) is 9.78 Å². The molecule has 1 heterocycles. The van der Waals surface area contributed by atoms with Gasteiger partial charge in [-0.05, 0) is 25.7 Å². The average Bonchev–Trinajstić information content (AvgIpc) is 2.29. The fraction of sp³-hybridized carbons (Fsp3) is 0.700. The van der Waals surface area contributed by atoms with Gasteiger partial charge in [-0.1, -0.05) is 13.8 Å². The van der Waals surface area contributed by atoms with Crippen molar-refractivity contribution in [3.63, 3.8) is 0 Å². The predicted molar refractivity (Wildman–Crippen MR) is 55.5 cm³/mol. The molecule has 0 amide bonds. The van der Waals surface area contributed by atoms with E-state index in [9.17, 15) is 0 Å². The monoisotopic (exact) mass is 181 g/mol. The largest absolute Gasteiger partial charge is 0.384 e. The molecule has 0 aliphatic carbocycles. The molecule has 0 aliphatic heterocycles. The molecular weight excluding hydrogens is 162 g/mol. The van der Waals surface area contributed by atoms with Crippen LogP contribution in [0.15, 0.2) is 0 Å². The van der Waals surface area contributed by atoms with Gasteiger partial charge in [0, 0.05) is 12.6 Å². The van der Waals surface area contributed by atoms with Crippen molar-refractivity contribution in [2.75, 3.05) is 5.73 Å². The van der Waals surface area contributed by atoms with Crippen LogP contribution in [0.3, 0.4) is 0 Å². The van der Waals surface area contributed by atoms with Crippen molar-refractivity contribution in [2.24, 2.45) is 13.0 Å². The Morgan fingerprint density at radius 1 is 1.46 bits per heavy atom. The van der Waals surface area contributed by atoms with Gasteiger partial charge in [-0.2, -0.15) is 5.10 Å². The number of nitrogens with two attached hydrogens (primary N) is 1. The number of hydrogen-bond donors (Lipinski definition) is 1. The summed E-state index contributed by atoms with van der Waals surface area (Å²) in [5, 5.41) is 4.37. The van der Waals surface area contributed by atoms with Crippen molar-refractivity contribution >= 4 is 5.82 Å². The number of aromatic nitrogens is 2. The number of rotatable bonds is 3. The molecule has 0 radical (unpaired) electrons. The van der Waals surface area contributed by atoms with Crippen LogP contribution in [0.2, 0.25) is 0 Å². The lowest BCUT2D eigenvalue weighted by Gasteiger charge is -2.01. The number of nitrogens with zero attached hydrogens (tertiary/aromatic N) is 2. The summed E-state index contributed by atoms with van der Waals surface area (Å²) >= 11 is 0. The Labute approximate surface area is 79.9 Å². The highest BCUT2D eigenvalue weighted by molar-refractivity contribution is 5.42. The second kappa shape index (κ2) is 3.81. The number of anilines is 1. The zero-order chi connectivity index (χ0) is 10.0. The van der Waals surface area contributed by atoms with E-state index in [0.29, 0.717) is 0 Å². The highest BCUT2D eigenvalue weighted by Crippen LogP contribution is 2.17. The molecule has 1 rings (SSSR count). The first kappa shape index (κ1) is 10.1. The minimum absolute atomic E-state index is 0.725. The van der Waals surface area contributed by atoms with Gasteiger partial charge in [-0.3, -0.25) is 4.68 Å². The van der Waals surface area contributed by atoms with Crippen LogP contribution in [0.25, 0.3) is 0 Å². The van der Waals surface area contributed by atoms with E-state index in [1.165, 1.54) is 6.42 Å². The molecule has 2 N–H and O–H groups in total. The predicted octanol–water partition coefficient (Wildman–Crippen LogP) is 1.90. The SMILES string of the molecule is Cc1c(CCC(C)C)nn(C)c1N. The van der Waals surface area contributed by atoms with Crippen LogP contribution in [0.1, 0.15) is 31.5 Å². The fourth-order valence-electron chi connectivity index (χ4n) is 1.36. The minimum Gasteiger partial charge on any atom is -0.384 e. The normalized spacial score (nSPS) is 11.2. The second-order valence-corrected chi connectivity index (χ2v) is 4.01. The molecule has 3 heteroatoms. The molecule has 0 spiro atoms. The first-order chi connectivity index (χ1) is 6.02. The Morgan fingerprint density at radius 2 is 2.08 bits per heavy atom. The van der Waals surface area contributed by atoms with Crippen LogP contribution in [-0.2, 0) is 13.5 Å². The van der Waals surface area contributed by atoms with E-state index in [-0.39, 0.29) is 0 Å². The third kappa shape index (κ3) is 2.23. The van der Waals surface area contributed by atoms with Crippen molar-refractivity contribution < 1.29 is 0 Å². The van der Waals surface area contributed by atoms with Gasteiger partial charge in [0.15, 0.2) is 0 Å². The van der Waals surface area contributed by atoms with E-state index in [4.69, 9.17) is 5.73 Å². The molecule has 0 bridgehead atoms. The summed E-state index contributed by atoms with van der Waals surface area (Å²) in [6, 6.07) is 0. The van der Waals surface area contributed by atoms with Gasteiger partial charge in [-0.15, -0.1) is 0 Å². The smallest absolute Gasteiger partial charge is 0.124 e. The summed E-state index contributed by atoms with van der Waals surface area (Å²) in [6.45, 7) is 6.49. The van der Waals surface area contributed by atoms with Crippen molar-refractivity contribution in [2.45, 2.75) is 33.6 Å². The molecule has 0 aliphatic rings. The van der Waals surface area contributed by atoms with Gasteiger partial charge in [0.25, 0.3) is 0 Å². The molecule has 0 atom stereocenters. The highest BCUT2D eigenvalue weighted by atomic mass is 15.3. The number of nitrogen functional groups attached to an aromatic ring is 1. The van der Waals surface area contributed by atoms with E-state index in [1.807, 2.05) is 14.0 Å². The zero-order valence-corrected chi connectivity index (χ0v) is 8.96. The van der Waals surface area contributed by atoms with Crippen LogP contribution in [0, 0.1) is 12.8 Å². The molecule has 13 heavy (non-hydrogen) atoms. The first-order valence-corrected chi connectivity index (χ1v) is 4.80. The first-order valence-electron chi connectivity index (χ1n) is 4.80. The topological polar surface area (TPSA) is 43.8 Å². The van der Waals surface area contributed by atoms with Gasteiger partial charge in [-0.25, -0.2) is 0 Å². The van der Waals surface area contributed by atoms with Gasteiger partial charge in [0.05, 0.1) is 5.69 Å². The van der Waals surface area contributed by atoms with E-state index >= 15 is 0 Å². The fourth-order valence-corrected chi connectivity index (χ4v) is 1.36. The second-order valence-electron chi connectivity index (χ2n) is 4.01. The Hall–Kier alpha value is -0.990. The van der Waals surface area contributed by atoms with Crippen molar-refractivity contribution in [1.82, 2.24) is 9.78 Å². The average molecular weight is 181 g/mol. The molecule has 0 fully saturated rings. The molecule has 0 saturated carbocycles. The van der Waals surface area contributed by atoms with Crippen LogP contribution in [0.4, 0.5) is 5.82 Å². The summed E-state index contributed by atoms with van der Waals surface area (Å²) in [5.74, 6) is 1.52. The number of hydrogen-bond acceptors (Lipinski definition) is 2. The molecule has 0 aromatic carbocycles. The minimum atomic E-state index is 0.725. The summed E-state index contributed by atoms with van der Waals surface area (Å²) in [6.07, 6.45) is 2.21. The lowest BCUT2D eigenvalue weighted by molar-refractivity contribution is 0.575. The quantitative estimate of drug-likeness (QED) is 0.774. The summed E-state index contributed by atoms with van der Waals surface area (Å²) in [7, 11) is 1.89. The standard InChI is InChI=1S/C10H19N3/c1-7(2)5-6-9-8(3)10(11)13(4)12-9/h7H,5-6,11H2,1-4H3. The van der Waals surface area contributed by atoms with E-state index in [1.54, 1.807) is 4.68 Å². The molecule has 1 aromatic heterocycles. The van der Waals surface area contributed by atoms with E-state index in [0.717, 1.165) is 29.4 Å². The lowest BCUT2D eigenvalue weighted by Crippen LogP contribution is -1.98. The zero-order valence-electron chi connectivity index (χ0n) is 8.96. The molecule has 0 unspecified atom stereocenters. The summed E-state index contributed by atoms with van der Waals surface area (Å²) in [5.41, 5.74) is 8.10.